The zero-order chi connectivity index (χ0) is 22.4. The third-order valence-electron chi connectivity index (χ3n) is 4.99. The summed E-state index contributed by atoms with van der Waals surface area (Å²) in [4.78, 5) is 3.84. The van der Waals surface area contributed by atoms with E-state index in [1.807, 2.05) is 5.92 Å². The highest BCUT2D eigenvalue weighted by molar-refractivity contribution is 7.88. The van der Waals surface area contributed by atoms with E-state index in [1.54, 1.807) is 0 Å². The van der Waals surface area contributed by atoms with Gasteiger partial charge in [0.25, 0.3) is 0 Å². The Balaban J connectivity index is 1.95. The monoisotopic (exact) mass is 451 g/mol. The first kappa shape index (κ1) is 22.2. The van der Waals surface area contributed by atoms with Gasteiger partial charge in [-0.2, -0.15) is 17.5 Å². The van der Waals surface area contributed by atoms with Crippen molar-refractivity contribution in [1.29, 1.82) is 0 Å². The molecule has 3 atom stereocenters. The summed E-state index contributed by atoms with van der Waals surface area (Å²) in [5, 5.41) is 6.55. The van der Waals surface area contributed by atoms with E-state index in [1.165, 1.54) is 0 Å². The van der Waals surface area contributed by atoms with Gasteiger partial charge in [0.15, 0.2) is 5.82 Å². The fourth-order valence-corrected chi connectivity index (χ4v) is 4.15. The molecule has 0 bridgehead atoms. The number of halogens is 5. The minimum absolute atomic E-state index is 0.0505. The molecule has 0 aliphatic carbocycles. The molecular formula is C17H18F5N5O2S. The number of fused-ring (bicyclic) bond motifs is 1. The quantitative estimate of drug-likeness (QED) is 0.570. The molecule has 3 heterocycles. The fraction of sp³-hybridized carbons (Fsp3) is 0.529. The summed E-state index contributed by atoms with van der Waals surface area (Å²) in [7, 11) is -3.55. The first-order chi connectivity index (χ1) is 13.8. The number of anilines is 1. The van der Waals surface area contributed by atoms with E-state index in [0.717, 1.165) is 28.2 Å². The number of terminal acetylenes is 1. The average Bonchev–Trinajstić information content (AvgIpc) is 2.92. The van der Waals surface area contributed by atoms with Gasteiger partial charge < -0.3 is 5.32 Å². The van der Waals surface area contributed by atoms with Gasteiger partial charge in [0, 0.05) is 13.1 Å². The van der Waals surface area contributed by atoms with Crippen LogP contribution in [-0.4, -0.2) is 65.1 Å². The van der Waals surface area contributed by atoms with E-state index in [4.69, 9.17) is 6.42 Å². The van der Waals surface area contributed by atoms with Crippen LogP contribution < -0.4 is 5.32 Å². The van der Waals surface area contributed by atoms with E-state index in [9.17, 15) is 30.4 Å². The molecule has 0 amide bonds. The van der Waals surface area contributed by atoms with Gasteiger partial charge in [-0.3, -0.25) is 0 Å². The largest absolute Gasteiger partial charge is 0.397 e. The minimum atomic E-state index is -4.70. The van der Waals surface area contributed by atoms with Gasteiger partial charge in [-0.1, -0.05) is 5.92 Å². The Morgan fingerprint density at radius 2 is 2.07 bits per heavy atom. The topological polar surface area (TPSA) is 79.6 Å². The summed E-state index contributed by atoms with van der Waals surface area (Å²) in [6, 6.07) is -0.878. The van der Waals surface area contributed by atoms with Crippen LogP contribution in [0.4, 0.5) is 27.9 Å². The summed E-state index contributed by atoms with van der Waals surface area (Å²) in [5.74, 6) is -1.48. The number of alkyl halides is 4. The SMILES string of the molecule is C#Cc1c(F)c2cnc(N[C@@H]3CCN(S(C)(=O)=O)C[C@H]3F)nn2c1C(C)C(F)(F)F. The van der Waals surface area contributed by atoms with E-state index in [0.29, 0.717) is 0 Å². The first-order valence-corrected chi connectivity index (χ1v) is 10.7. The molecule has 2 aromatic heterocycles. The number of sulfonamides is 1. The van der Waals surface area contributed by atoms with Crippen molar-refractivity contribution in [2.24, 2.45) is 0 Å². The van der Waals surface area contributed by atoms with Crippen molar-refractivity contribution in [3.05, 3.63) is 23.3 Å². The van der Waals surface area contributed by atoms with Crippen molar-refractivity contribution in [3.63, 3.8) is 0 Å². The molecule has 0 spiro atoms. The molecule has 3 rings (SSSR count). The third kappa shape index (κ3) is 4.06. The van der Waals surface area contributed by atoms with Crippen LogP contribution in [0.25, 0.3) is 5.52 Å². The molecule has 164 valence electrons. The highest BCUT2D eigenvalue weighted by Crippen LogP contribution is 2.38. The van der Waals surface area contributed by atoms with Crippen molar-refractivity contribution in [1.82, 2.24) is 18.9 Å². The Labute approximate surface area is 169 Å². The summed E-state index contributed by atoms with van der Waals surface area (Å²) in [6.45, 7) is 0.499. The van der Waals surface area contributed by atoms with Crippen molar-refractivity contribution >= 4 is 21.5 Å². The van der Waals surface area contributed by atoms with Gasteiger partial charge in [0.05, 0.1) is 35.7 Å². The minimum Gasteiger partial charge on any atom is -0.347 e. The lowest BCUT2D eigenvalue weighted by Gasteiger charge is -2.33. The van der Waals surface area contributed by atoms with Crippen LogP contribution in [0.15, 0.2) is 6.20 Å². The molecule has 1 unspecified atom stereocenters. The second-order valence-corrected chi connectivity index (χ2v) is 9.02. The van der Waals surface area contributed by atoms with Crippen molar-refractivity contribution in [3.8, 4) is 12.3 Å². The molecule has 0 radical (unpaired) electrons. The number of hydrogen-bond acceptors (Lipinski definition) is 5. The molecule has 0 saturated carbocycles. The van der Waals surface area contributed by atoms with Gasteiger partial charge in [0.2, 0.25) is 16.0 Å². The maximum atomic E-state index is 14.5. The van der Waals surface area contributed by atoms with Gasteiger partial charge in [-0.15, -0.1) is 11.5 Å². The summed E-state index contributed by atoms with van der Waals surface area (Å²) in [6.07, 6.45) is 0.909. The Kier molecular flexibility index (Phi) is 5.68. The predicted octanol–water partition coefficient (Wildman–Crippen LogP) is 2.30. The standard InChI is InChI=1S/C17H18F5N5O2S/c1-4-10-14(19)13-7-23-16(25-27(13)15(10)9(2)17(20,21)22)24-12-5-6-26(8-11(12)18)30(3,28)29/h1,7,9,11-12H,5-6,8H2,2-3H3,(H,24,25)/t9?,11-,12-/m1/s1. The Morgan fingerprint density at radius 3 is 2.60 bits per heavy atom. The Hall–Kier alpha value is -2.46. The first-order valence-electron chi connectivity index (χ1n) is 8.80. The van der Waals surface area contributed by atoms with Crippen LogP contribution in [0, 0.1) is 18.2 Å². The predicted molar refractivity (Wildman–Crippen MR) is 98.7 cm³/mol. The molecule has 7 nitrogen and oxygen atoms in total. The average molecular weight is 451 g/mol. The van der Waals surface area contributed by atoms with Crippen LogP contribution >= 0.6 is 0 Å². The molecule has 2 aromatic rings. The molecule has 1 fully saturated rings. The van der Waals surface area contributed by atoms with Crippen molar-refractivity contribution in [2.75, 3.05) is 24.7 Å². The molecule has 0 aromatic carbocycles. The van der Waals surface area contributed by atoms with Crippen molar-refractivity contribution < 1.29 is 30.4 Å². The van der Waals surface area contributed by atoms with Gasteiger partial charge in [-0.25, -0.2) is 26.7 Å². The van der Waals surface area contributed by atoms with Crippen LogP contribution in [0.3, 0.4) is 0 Å². The number of rotatable bonds is 4. The molecule has 1 aliphatic heterocycles. The number of aromatic nitrogens is 3. The maximum absolute atomic E-state index is 14.5. The number of piperidine rings is 1. The normalized spacial score (nSPS) is 22.1. The number of nitrogens with zero attached hydrogens (tertiary/aromatic N) is 4. The molecule has 1 aliphatic rings. The van der Waals surface area contributed by atoms with Crippen LogP contribution in [0.5, 0.6) is 0 Å². The lowest BCUT2D eigenvalue weighted by atomic mass is 10.0. The van der Waals surface area contributed by atoms with E-state index in [-0.39, 0.29) is 31.0 Å². The molecule has 1 N–H and O–H groups in total. The second kappa shape index (κ2) is 7.66. The summed E-state index contributed by atoms with van der Waals surface area (Å²) < 4.78 is 93.6. The highest BCUT2D eigenvalue weighted by Gasteiger charge is 2.41. The summed E-state index contributed by atoms with van der Waals surface area (Å²) >= 11 is 0. The smallest absolute Gasteiger partial charge is 0.347 e. The van der Waals surface area contributed by atoms with E-state index < -0.39 is 51.4 Å². The van der Waals surface area contributed by atoms with Crippen LogP contribution in [-0.2, 0) is 10.0 Å². The zero-order valence-corrected chi connectivity index (χ0v) is 16.7. The maximum Gasteiger partial charge on any atom is 0.397 e. The van der Waals surface area contributed by atoms with Gasteiger partial charge >= 0.3 is 6.18 Å². The number of hydrogen-bond donors (Lipinski definition) is 1. The summed E-state index contributed by atoms with van der Waals surface area (Å²) in [5.41, 5.74) is -1.48. The molecule has 1 saturated heterocycles. The fourth-order valence-electron chi connectivity index (χ4n) is 3.30. The van der Waals surface area contributed by atoms with E-state index >= 15 is 0 Å². The van der Waals surface area contributed by atoms with Crippen molar-refractivity contribution in [2.45, 2.75) is 37.7 Å². The number of nitrogens with one attached hydrogen (secondary N) is 1. The molecular weight excluding hydrogens is 433 g/mol. The Morgan fingerprint density at radius 1 is 1.40 bits per heavy atom. The van der Waals surface area contributed by atoms with Crippen LogP contribution in [0.2, 0.25) is 0 Å². The molecule has 13 heteroatoms. The van der Waals surface area contributed by atoms with Gasteiger partial charge in [-0.05, 0) is 13.3 Å². The van der Waals surface area contributed by atoms with Gasteiger partial charge in [0.1, 0.15) is 11.7 Å². The lowest BCUT2D eigenvalue weighted by molar-refractivity contribution is -0.147. The second-order valence-electron chi connectivity index (χ2n) is 7.04. The Bertz CT molecular complexity index is 1110. The highest BCUT2D eigenvalue weighted by atomic mass is 32.2. The zero-order valence-electron chi connectivity index (χ0n) is 15.9. The molecule has 30 heavy (non-hydrogen) atoms. The van der Waals surface area contributed by atoms with E-state index in [2.05, 4.69) is 15.4 Å². The third-order valence-corrected chi connectivity index (χ3v) is 6.26. The lowest BCUT2D eigenvalue weighted by Crippen LogP contribution is -2.49. The van der Waals surface area contributed by atoms with Crippen LogP contribution in [0.1, 0.15) is 30.5 Å².